The second-order valence-electron chi connectivity index (χ2n) is 5.59. The summed E-state index contributed by atoms with van der Waals surface area (Å²) in [6.07, 6.45) is 0. The van der Waals surface area contributed by atoms with Gasteiger partial charge in [0.2, 0.25) is 5.89 Å². The molecule has 3 aromatic rings. The number of hydrogen-bond donors (Lipinski definition) is 1. The van der Waals surface area contributed by atoms with E-state index in [1.165, 1.54) is 7.11 Å². The zero-order valence-electron chi connectivity index (χ0n) is 15.9. The molecule has 3 rings (SSSR count). The summed E-state index contributed by atoms with van der Waals surface area (Å²) in [7, 11) is 1.50. The van der Waals surface area contributed by atoms with Crippen LogP contribution in [-0.2, 0) is 0 Å². The van der Waals surface area contributed by atoms with Gasteiger partial charge in [-0.25, -0.2) is 0 Å². The lowest BCUT2D eigenvalue weighted by Crippen LogP contribution is -2.13. The Morgan fingerprint density at radius 2 is 1.75 bits per heavy atom. The number of carbonyl (C=O) groups excluding carboxylic acids is 1. The van der Waals surface area contributed by atoms with Gasteiger partial charge in [0.25, 0.3) is 5.91 Å². The molecule has 0 spiro atoms. The second-order valence-corrected chi connectivity index (χ2v) is 5.59. The van der Waals surface area contributed by atoms with Crippen molar-refractivity contribution in [3.05, 3.63) is 48.0 Å². The van der Waals surface area contributed by atoms with Crippen LogP contribution in [0.25, 0.3) is 11.5 Å². The van der Waals surface area contributed by atoms with Crippen molar-refractivity contribution in [2.24, 2.45) is 0 Å². The molecule has 1 N–H and O–H groups in total. The van der Waals surface area contributed by atoms with Gasteiger partial charge in [0.1, 0.15) is 5.75 Å². The number of benzene rings is 2. The molecule has 0 aliphatic carbocycles. The molecule has 1 amide bonds. The largest absolute Gasteiger partial charge is 0.496 e. The average Bonchev–Trinajstić information content (AvgIpc) is 3.18. The minimum absolute atomic E-state index is 0.0160. The molecule has 1 heterocycles. The molecule has 0 unspecified atom stereocenters. The van der Waals surface area contributed by atoms with E-state index in [2.05, 4.69) is 15.5 Å². The van der Waals surface area contributed by atoms with E-state index in [-0.39, 0.29) is 11.9 Å². The van der Waals surface area contributed by atoms with Crippen LogP contribution in [0, 0.1) is 0 Å². The predicted molar refractivity (Wildman–Crippen MR) is 103 cm³/mol. The van der Waals surface area contributed by atoms with Crippen LogP contribution in [0.1, 0.15) is 24.2 Å². The highest BCUT2D eigenvalue weighted by atomic mass is 16.5. The van der Waals surface area contributed by atoms with Crippen LogP contribution >= 0.6 is 0 Å². The number of methoxy groups -OCH3 is 1. The van der Waals surface area contributed by atoms with Gasteiger partial charge in [0.05, 0.1) is 25.9 Å². The lowest BCUT2D eigenvalue weighted by molar-refractivity contribution is 0.102. The van der Waals surface area contributed by atoms with Crippen LogP contribution in [0.15, 0.2) is 46.9 Å². The highest BCUT2D eigenvalue weighted by Gasteiger charge is 2.17. The normalized spacial score (nSPS) is 10.4. The van der Waals surface area contributed by atoms with Crippen LogP contribution in [0.4, 0.5) is 6.01 Å². The van der Waals surface area contributed by atoms with Crippen molar-refractivity contribution in [3.8, 4) is 28.7 Å². The maximum absolute atomic E-state index is 12.4. The number of amides is 1. The number of anilines is 1. The molecule has 0 saturated heterocycles. The van der Waals surface area contributed by atoms with Crippen LogP contribution in [0.3, 0.4) is 0 Å². The van der Waals surface area contributed by atoms with Gasteiger partial charge in [-0.2, -0.15) is 0 Å². The summed E-state index contributed by atoms with van der Waals surface area (Å²) >= 11 is 0. The molecule has 0 radical (unpaired) electrons. The first-order chi connectivity index (χ1) is 13.7. The number of ether oxygens (including phenoxy) is 3. The summed E-state index contributed by atoms with van der Waals surface area (Å²) in [6, 6.07) is 12.2. The first kappa shape index (κ1) is 19.2. The van der Waals surface area contributed by atoms with Crippen molar-refractivity contribution < 1.29 is 23.4 Å². The van der Waals surface area contributed by atoms with Crippen molar-refractivity contribution in [2.45, 2.75) is 13.8 Å². The third kappa shape index (κ3) is 4.22. The van der Waals surface area contributed by atoms with E-state index in [1.54, 1.807) is 42.5 Å². The Morgan fingerprint density at radius 1 is 1.00 bits per heavy atom. The molecule has 8 heteroatoms. The molecule has 0 aliphatic rings. The number of hydrogen-bond acceptors (Lipinski definition) is 7. The number of nitrogens with zero attached hydrogens (tertiary/aromatic N) is 2. The molecule has 0 atom stereocenters. The molecule has 0 bridgehead atoms. The van der Waals surface area contributed by atoms with Crippen molar-refractivity contribution >= 4 is 11.9 Å². The fourth-order valence-electron chi connectivity index (χ4n) is 2.57. The Labute approximate surface area is 162 Å². The average molecular weight is 383 g/mol. The van der Waals surface area contributed by atoms with Gasteiger partial charge < -0.3 is 18.6 Å². The maximum Gasteiger partial charge on any atom is 0.322 e. The molecule has 146 valence electrons. The fraction of sp³-hybridized carbons (Fsp3) is 0.250. The second kappa shape index (κ2) is 8.90. The Bertz CT molecular complexity index is 955. The van der Waals surface area contributed by atoms with Gasteiger partial charge in [0, 0.05) is 5.56 Å². The van der Waals surface area contributed by atoms with Gasteiger partial charge >= 0.3 is 6.01 Å². The van der Waals surface area contributed by atoms with Crippen molar-refractivity contribution in [3.63, 3.8) is 0 Å². The smallest absolute Gasteiger partial charge is 0.322 e. The summed E-state index contributed by atoms with van der Waals surface area (Å²) in [5.41, 5.74) is 1.02. The van der Waals surface area contributed by atoms with E-state index < -0.39 is 5.91 Å². The summed E-state index contributed by atoms with van der Waals surface area (Å²) in [4.78, 5) is 12.4. The van der Waals surface area contributed by atoms with Crippen LogP contribution in [0.2, 0.25) is 0 Å². The molecular formula is C20H21N3O5. The predicted octanol–water partition coefficient (Wildman–Crippen LogP) is 3.79. The number of carbonyl (C=O) groups is 1. The molecule has 1 aromatic heterocycles. The van der Waals surface area contributed by atoms with Gasteiger partial charge in [-0.1, -0.05) is 17.2 Å². The summed E-state index contributed by atoms with van der Waals surface area (Å²) in [5, 5.41) is 10.5. The standard InChI is InChI=1S/C20H21N3O5/c1-4-26-16-11-10-13(12-17(16)27-5-2)19-22-23-20(28-19)21-18(24)14-8-6-7-9-15(14)25-3/h6-12H,4-5H2,1-3H3,(H,21,23,24). The van der Waals surface area contributed by atoms with E-state index in [0.29, 0.717) is 41.6 Å². The zero-order valence-corrected chi connectivity index (χ0v) is 15.9. The lowest BCUT2D eigenvalue weighted by Gasteiger charge is -2.11. The van der Waals surface area contributed by atoms with Gasteiger partial charge in [-0.15, -0.1) is 5.10 Å². The molecule has 0 saturated carbocycles. The first-order valence-corrected chi connectivity index (χ1v) is 8.84. The Balaban J connectivity index is 1.80. The molecule has 28 heavy (non-hydrogen) atoms. The SMILES string of the molecule is CCOc1ccc(-c2nnc(NC(=O)c3ccccc3OC)o2)cc1OCC. The highest BCUT2D eigenvalue weighted by molar-refractivity contribution is 6.05. The number of aromatic nitrogens is 2. The lowest BCUT2D eigenvalue weighted by atomic mass is 10.2. The van der Waals surface area contributed by atoms with Crippen molar-refractivity contribution in [1.29, 1.82) is 0 Å². The maximum atomic E-state index is 12.4. The summed E-state index contributed by atoms with van der Waals surface area (Å²) in [6.45, 7) is 4.81. The molecule has 8 nitrogen and oxygen atoms in total. The fourth-order valence-corrected chi connectivity index (χ4v) is 2.57. The van der Waals surface area contributed by atoms with Crippen molar-refractivity contribution in [1.82, 2.24) is 10.2 Å². The van der Waals surface area contributed by atoms with Crippen LogP contribution in [-0.4, -0.2) is 36.4 Å². The first-order valence-electron chi connectivity index (χ1n) is 8.84. The van der Waals surface area contributed by atoms with Gasteiger partial charge in [-0.05, 0) is 44.2 Å². The van der Waals surface area contributed by atoms with E-state index in [9.17, 15) is 4.79 Å². The zero-order chi connectivity index (χ0) is 19.9. The topological polar surface area (TPSA) is 95.7 Å². The van der Waals surface area contributed by atoms with Crippen molar-refractivity contribution in [2.75, 3.05) is 25.6 Å². The number of rotatable bonds is 8. The summed E-state index contributed by atoms with van der Waals surface area (Å²) < 4.78 is 21.9. The van der Waals surface area contributed by atoms with E-state index in [0.717, 1.165) is 0 Å². The third-order valence-corrected chi connectivity index (χ3v) is 3.79. The molecule has 0 aliphatic heterocycles. The van der Waals surface area contributed by atoms with E-state index >= 15 is 0 Å². The van der Waals surface area contributed by atoms with Gasteiger partial charge in [0.15, 0.2) is 11.5 Å². The Morgan fingerprint density at radius 3 is 2.50 bits per heavy atom. The van der Waals surface area contributed by atoms with Gasteiger partial charge in [-0.3, -0.25) is 10.1 Å². The van der Waals surface area contributed by atoms with E-state index in [1.807, 2.05) is 13.8 Å². The highest BCUT2D eigenvalue weighted by Crippen LogP contribution is 2.33. The quantitative estimate of drug-likeness (QED) is 0.632. The molecule has 0 fully saturated rings. The number of nitrogens with one attached hydrogen (secondary N) is 1. The third-order valence-electron chi connectivity index (χ3n) is 3.79. The Hall–Kier alpha value is -3.55. The van der Waals surface area contributed by atoms with E-state index in [4.69, 9.17) is 18.6 Å². The number of para-hydroxylation sites is 1. The minimum atomic E-state index is -0.408. The summed E-state index contributed by atoms with van der Waals surface area (Å²) in [5.74, 6) is 1.51. The monoisotopic (exact) mass is 383 g/mol. The minimum Gasteiger partial charge on any atom is -0.496 e. The van der Waals surface area contributed by atoms with Crippen LogP contribution < -0.4 is 19.5 Å². The Kier molecular flexibility index (Phi) is 6.11. The molecule has 2 aromatic carbocycles. The van der Waals surface area contributed by atoms with Crippen LogP contribution in [0.5, 0.6) is 17.2 Å². The molecular weight excluding hydrogens is 362 g/mol.